The number of halogens is 3. The molecule has 34 heavy (non-hydrogen) atoms. The fraction of sp³-hybridized carbons (Fsp3) is 0.0952. The van der Waals surface area contributed by atoms with Crippen molar-refractivity contribution in [2.45, 2.75) is 17.3 Å². The van der Waals surface area contributed by atoms with Crippen LogP contribution in [0.4, 0.5) is 18.9 Å². The number of amides is 1. The Morgan fingerprint density at radius 2 is 1.65 bits per heavy atom. The van der Waals surface area contributed by atoms with Crippen LogP contribution in [0.15, 0.2) is 77.7 Å². The van der Waals surface area contributed by atoms with Gasteiger partial charge in [-0.05, 0) is 42.0 Å². The van der Waals surface area contributed by atoms with E-state index in [9.17, 15) is 26.4 Å². The summed E-state index contributed by atoms with van der Waals surface area (Å²) in [5.41, 5.74) is 1.07. The molecule has 1 aromatic heterocycles. The molecule has 1 amide bonds. The van der Waals surface area contributed by atoms with E-state index >= 15 is 0 Å². The van der Waals surface area contributed by atoms with E-state index in [1.807, 2.05) is 0 Å². The van der Waals surface area contributed by atoms with E-state index in [2.05, 4.69) is 23.5 Å². The van der Waals surface area contributed by atoms with Gasteiger partial charge in [-0.15, -0.1) is 13.2 Å². The molecule has 1 atom stereocenters. The number of aromatic nitrogens is 2. The maximum Gasteiger partial charge on any atom is 0.573 e. The molecule has 0 aliphatic rings. The quantitative estimate of drug-likeness (QED) is 0.386. The maximum atomic E-state index is 13.2. The van der Waals surface area contributed by atoms with Crippen molar-refractivity contribution in [3.05, 3.63) is 78.4 Å². The fourth-order valence-electron chi connectivity index (χ4n) is 3.09. The summed E-state index contributed by atoms with van der Waals surface area (Å²) in [6, 6.07) is 15.7. The second kappa shape index (κ2) is 9.37. The predicted octanol–water partition coefficient (Wildman–Crippen LogP) is 4.25. The summed E-state index contributed by atoms with van der Waals surface area (Å²) in [5, 5.41) is 2.51. The van der Waals surface area contributed by atoms with Gasteiger partial charge in [-0.1, -0.05) is 36.4 Å². The van der Waals surface area contributed by atoms with Gasteiger partial charge >= 0.3 is 6.36 Å². The van der Waals surface area contributed by atoms with E-state index in [1.54, 1.807) is 36.4 Å². The summed E-state index contributed by atoms with van der Waals surface area (Å²) in [6.07, 6.45) is -4.85. The van der Waals surface area contributed by atoms with Gasteiger partial charge in [0.1, 0.15) is 27.7 Å². The average molecular weight is 509 g/mol. The molecule has 3 aromatic carbocycles. The molecule has 0 spiro atoms. The number of carbonyl (C=O) groups excluding carboxylic acids is 1. The number of nitrogens with one attached hydrogen (secondary N) is 2. The van der Waals surface area contributed by atoms with Crippen LogP contribution in [0.1, 0.15) is 11.6 Å². The summed E-state index contributed by atoms with van der Waals surface area (Å²) < 4.78 is 77.7. The number of rotatable bonds is 7. The number of alkyl halides is 3. The summed E-state index contributed by atoms with van der Waals surface area (Å²) in [5.74, 6) is -1.21. The summed E-state index contributed by atoms with van der Waals surface area (Å²) in [7, 11) is -4.22. The predicted molar refractivity (Wildman–Crippen MR) is 119 cm³/mol. The van der Waals surface area contributed by atoms with E-state index in [0.29, 0.717) is 11.1 Å². The lowest BCUT2D eigenvalue weighted by Crippen LogP contribution is -2.37. The molecule has 0 saturated heterocycles. The van der Waals surface area contributed by atoms with E-state index < -0.39 is 34.1 Å². The third-order valence-corrected chi connectivity index (χ3v) is 6.56. The standard InChI is InChI=1S/C21H15F3N4O4S2/c22-21(23,24)32-15-11-9-14(10-12-15)25-20(29)18(13-5-2-1-3-6-13)28-34(30,31)17-8-4-7-16-19(17)27-33-26-16/h1-12,18,28H,(H,25,29)/t18-/m0/s1. The normalized spacial score (nSPS) is 12.9. The molecule has 176 valence electrons. The Hall–Kier alpha value is -3.55. The molecule has 4 rings (SSSR count). The summed E-state index contributed by atoms with van der Waals surface area (Å²) >= 11 is 0.859. The molecule has 0 aliphatic heterocycles. The minimum atomic E-state index is -4.85. The number of fused-ring (bicyclic) bond motifs is 1. The second-order valence-electron chi connectivity index (χ2n) is 6.91. The van der Waals surface area contributed by atoms with E-state index in [1.165, 1.54) is 24.3 Å². The van der Waals surface area contributed by atoms with E-state index in [4.69, 9.17) is 0 Å². The number of hydrogen-bond donors (Lipinski definition) is 2. The van der Waals surface area contributed by atoms with Crippen molar-refractivity contribution in [3.8, 4) is 5.75 Å². The summed E-state index contributed by atoms with van der Waals surface area (Å²) in [6.45, 7) is 0. The number of anilines is 1. The lowest BCUT2D eigenvalue weighted by atomic mass is 10.1. The Kier molecular flexibility index (Phi) is 6.50. The molecule has 0 aliphatic carbocycles. The number of carbonyl (C=O) groups is 1. The molecule has 8 nitrogen and oxygen atoms in total. The van der Waals surface area contributed by atoms with Crippen molar-refractivity contribution in [2.75, 3.05) is 5.32 Å². The van der Waals surface area contributed by atoms with Gasteiger partial charge in [-0.25, -0.2) is 8.42 Å². The number of benzene rings is 3. The third kappa shape index (κ3) is 5.50. The molecule has 0 radical (unpaired) electrons. The van der Waals surface area contributed by atoms with Crippen LogP contribution in [-0.2, 0) is 14.8 Å². The van der Waals surface area contributed by atoms with Gasteiger partial charge < -0.3 is 10.1 Å². The highest BCUT2D eigenvalue weighted by Gasteiger charge is 2.31. The fourth-order valence-corrected chi connectivity index (χ4v) is 5.04. The van der Waals surface area contributed by atoms with Gasteiger partial charge in [0.15, 0.2) is 0 Å². The molecule has 0 saturated carbocycles. The highest BCUT2D eigenvalue weighted by atomic mass is 32.2. The zero-order chi connectivity index (χ0) is 24.3. The number of hydrogen-bond acceptors (Lipinski definition) is 7. The van der Waals surface area contributed by atoms with Gasteiger partial charge in [-0.2, -0.15) is 13.5 Å². The molecule has 0 fully saturated rings. The monoisotopic (exact) mass is 508 g/mol. The van der Waals surface area contributed by atoms with Crippen LogP contribution in [0.3, 0.4) is 0 Å². The Morgan fingerprint density at radius 3 is 2.32 bits per heavy atom. The Bertz CT molecular complexity index is 1410. The van der Waals surface area contributed by atoms with Crippen LogP contribution in [-0.4, -0.2) is 29.4 Å². The van der Waals surface area contributed by atoms with Crippen LogP contribution in [0.25, 0.3) is 11.0 Å². The molecule has 1 heterocycles. The van der Waals surface area contributed by atoms with Crippen LogP contribution >= 0.6 is 11.7 Å². The highest BCUT2D eigenvalue weighted by molar-refractivity contribution is 7.89. The van der Waals surface area contributed by atoms with Gasteiger partial charge in [0.25, 0.3) is 0 Å². The zero-order valence-electron chi connectivity index (χ0n) is 17.0. The minimum Gasteiger partial charge on any atom is -0.406 e. The van der Waals surface area contributed by atoms with E-state index in [0.717, 1.165) is 23.9 Å². The highest BCUT2D eigenvalue weighted by Crippen LogP contribution is 2.26. The smallest absolute Gasteiger partial charge is 0.406 e. The molecule has 0 bridgehead atoms. The lowest BCUT2D eigenvalue weighted by molar-refractivity contribution is -0.274. The molecule has 4 aromatic rings. The number of nitrogens with zero attached hydrogens (tertiary/aromatic N) is 2. The van der Waals surface area contributed by atoms with Crippen molar-refractivity contribution in [1.29, 1.82) is 0 Å². The van der Waals surface area contributed by atoms with Crippen LogP contribution < -0.4 is 14.8 Å². The molecular formula is C21H15F3N4O4S2. The largest absolute Gasteiger partial charge is 0.573 e. The lowest BCUT2D eigenvalue weighted by Gasteiger charge is -2.19. The SMILES string of the molecule is O=C(Nc1ccc(OC(F)(F)F)cc1)[C@@H](NS(=O)(=O)c1cccc2nsnc12)c1ccccc1. The average Bonchev–Trinajstić information content (AvgIpc) is 3.27. The van der Waals surface area contributed by atoms with Crippen molar-refractivity contribution in [3.63, 3.8) is 0 Å². The first-order chi connectivity index (χ1) is 16.1. The zero-order valence-corrected chi connectivity index (χ0v) is 18.6. The first-order valence-corrected chi connectivity index (χ1v) is 11.8. The van der Waals surface area contributed by atoms with Gasteiger partial charge in [0.05, 0.1) is 11.7 Å². The molecule has 13 heteroatoms. The number of ether oxygens (including phenoxy) is 1. The topological polar surface area (TPSA) is 110 Å². The van der Waals surface area contributed by atoms with Gasteiger partial charge in [0.2, 0.25) is 15.9 Å². The number of sulfonamides is 1. The van der Waals surface area contributed by atoms with Gasteiger partial charge in [0, 0.05) is 5.69 Å². The van der Waals surface area contributed by atoms with Crippen molar-refractivity contribution >= 4 is 44.4 Å². The first-order valence-electron chi connectivity index (χ1n) is 9.58. The minimum absolute atomic E-state index is 0.138. The third-order valence-electron chi connectivity index (χ3n) is 4.56. The second-order valence-corrected chi connectivity index (χ2v) is 9.13. The van der Waals surface area contributed by atoms with Gasteiger partial charge in [-0.3, -0.25) is 4.79 Å². The van der Waals surface area contributed by atoms with Crippen molar-refractivity contribution in [2.24, 2.45) is 0 Å². The van der Waals surface area contributed by atoms with Crippen molar-refractivity contribution in [1.82, 2.24) is 13.5 Å². The van der Waals surface area contributed by atoms with E-state index in [-0.39, 0.29) is 16.1 Å². The van der Waals surface area contributed by atoms with Crippen LogP contribution in [0, 0.1) is 0 Å². The van der Waals surface area contributed by atoms with Crippen LogP contribution in [0.5, 0.6) is 5.75 Å². The first kappa shape index (κ1) is 23.6. The van der Waals surface area contributed by atoms with Crippen molar-refractivity contribution < 1.29 is 31.1 Å². The molecular weight excluding hydrogens is 493 g/mol. The summed E-state index contributed by atoms with van der Waals surface area (Å²) in [4.78, 5) is 12.9. The van der Waals surface area contributed by atoms with Crippen LogP contribution in [0.2, 0.25) is 0 Å². The molecule has 2 N–H and O–H groups in total. The Balaban J connectivity index is 1.61. The maximum absolute atomic E-state index is 13.2. The Morgan fingerprint density at radius 1 is 0.941 bits per heavy atom. The Labute approximate surface area is 195 Å². The molecule has 0 unspecified atom stereocenters.